The van der Waals surface area contributed by atoms with E-state index in [9.17, 15) is 22.8 Å². The Morgan fingerprint density at radius 1 is 1.16 bits per heavy atom. The van der Waals surface area contributed by atoms with Crippen LogP contribution >= 0.6 is 23.1 Å². The molecule has 0 saturated carbocycles. The van der Waals surface area contributed by atoms with Crippen molar-refractivity contribution >= 4 is 40.0 Å². The number of nitrogens with two attached hydrogens (primary N) is 1. The molecule has 31 heavy (non-hydrogen) atoms. The molecule has 0 bridgehead atoms. The standard InChI is InChI=1S/C20H16F3N3O3S2/c1-11-18(30-10-16(24)27)31-19(25-11)26-17(28)12-4-2-6-14(8-12)29-15-7-3-5-13(9-15)20(21,22)23/h2-9H,10H2,1H3,(H2,24,27)(H,25,26,28). The quantitative estimate of drug-likeness (QED) is 0.472. The third-order valence-corrected chi connectivity index (χ3v) is 6.27. The Balaban J connectivity index is 1.71. The van der Waals surface area contributed by atoms with Gasteiger partial charge in [0.05, 0.1) is 21.2 Å². The highest BCUT2D eigenvalue weighted by Gasteiger charge is 2.30. The maximum atomic E-state index is 12.9. The lowest BCUT2D eigenvalue weighted by atomic mass is 10.2. The number of alkyl halides is 3. The van der Waals surface area contributed by atoms with Gasteiger partial charge in [-0.1, -0.05) is 23.5 Å². The normalized spacial score (nSPS) is 11.2. The number of aryl methyl sites for hydroxylation is 1. The molecule has 2 amide bonds. The molecule has 0 radical (unpaired) electrons. The molecule has 1 aromatic heterocycles. The molecule has 1 heterocycles. The summed E-state index contributed by atoms with van der Waals surface area (Å²) in [4.78, 5) is 27.7. The molecule has 0 aliphatic heterocycles. The van der Waals surface area contributed by atoms with Crippen LogP contribution in [0.3, 0.4) is 0 Å². The molecule has 11 heteroatoms. The second-order valence-corrected chi connectivity index (χ2v) is 8.50. The van der Waals surface area contributed by atoms with Crippen molar-refractivity contribution in [2.75, 3.05) is 11.1 Å². The van der Waals surface area contributed by atoms with E-state index in [0.29, 0.717) is 10.8 Å². The van der Waals surface area contributed by atoms with E-state index in [-0.39, 0.29) is 22.8 Å². The van der Waals surface area contributed by atoms with E-state index in [0.717, 1.165) is 16.3 Å². The van der Waals surface area contributed by atoms with Crippen LogP contribution in [0.2, 0.25) is 0 Å². The van der Waals surface area contributed by atoms with Gasteiger partial charge in [0.25, 0.3) is 5.91 Å². The Morgan fingerprint density at radius 2 is 1.84 bits per heavy atom. The number of hydrogen-bond donors (Lipinski definition) is 2. The van der Waals surface area contributed by atoms with E-state index in [1.54, 1.807) is 13.0 Å². The number of nitrogens with one attached hydrogen (secondary N) is 1. The lowest BCUT2D eigenvalue weighted by Gasteiger charge is -2.10. The Kier molecular flexibility index (Phi) is 6.86. The average Bonchev–Trinajstić information content (AvgIpc) is 3.05. The van der Waals surface area contributed by atoms with Crippen LogP contribution in [0.25, 0.3) is 0 Å². The summed E-state index contributed by atoms with van der Waals surface area (Å²) >= 11 is 2.44. The first-order chi connectivity index (χ1) is 14.6. The zero-order valence-corrected chi connectivity index (χ0v) is 17.7. The molecule has 0 atom stereocenters. The topological polar surface area (TPSA) is 94.3 Å². The molecule has 0 spiro atoms. The van der Waals surface area contributed by atoms with Gasteiger partial charge in [-0.05, 0) is 43.3 Å². The van der Waals surface area contributed by atoms with Crippen LogP contribution in [0.4, 0.5) is 18.3 Å². The fraction of sp³-hybridized carbons (Fsp3) is 0.150. The second-order valence-electron chi connectivity index (χ2n) is 6.26. The number of halogens is 3. The van der Waals surface area contributed by atoms with Gasteiger partial charge in [-0.2, -0.15) is 13.2 Å². The van der Waals surface area contributed by atoms with Crippen molar-refractivity contribution in [1.82, 2.24) is 4.98 Å². The Morgan fingerprint density at radius 3 is 2.52 bits per heavy atom. The number of thioether (sulfide) groups is 1. The van der Waals surface area contributed by atoms with Crippen molar-refractivity contribution in [3.05, 3.63) is 65.4 Å². The number of hydrogen-bond acceptors (Lipinski definition) is 6. The van der Waals surface area contributed by atoms with Gasteiger partial charge in [-0.25, -0.2) is 4.98 Å². The number of thiazole rings is 1. The molecule has 0 aliphatic carbocycles. The number of benzene rings is 2. The maximum absolute atomic E-state index is 12.9. The first-order valence-corrected chi connectivity index (χ1v) is 10.6. The number of nitrogens with zero attached hydrogens (tertiary/aromatic N) is 1. The highest BCUT2D eigenvalue weighted by atomic mass is 32.2. The highest BCUT2D eigenvalue weighted by molar-refractivity contribution is 8.01. The summed E-state index contributed by atoms with van der Waals surface area (Å²) in [5.41, 5.74) is 5.21. The summed E-state index contributed by atoms with van der Waals surface area (Å²) in [5, 5.41) is 3.01. The third kappa shape index (κ3) is 6.22. The molecule has 3 aromatic rings. The number of aromatic nitrogens is 1. The van der Waals surface area contributed by atoms with Gasteiger partial charge < -0.3 is 10.5 Å². The Hall–Kier alpha value is -3.05. The zero-order chi connectivity index (χ0) is 22.6. The summed E-state index contributed by atoms with van der Waals surface area (Å²) in [6.07, 6.45) is -4.48. The van der Waals surface area contributed by atoms with Crippen LogP contribution in [0.15, 0.2) is 52.7 Å². The molecule has 6 nitrogen and oxygen atoms in total. The molecule has 0 unspecified atom stereocenters. The summed E-state index contributed by atoms with van der Waals surface area (Å²) < 4.78 is 44.8. The molecule has 3 rings (SSSR count). The maximum Gasteiger partial charge on any atom is 0.416 e. The number of amides is 2. The number of primary amides is 1. The van der Waals surface area contributed by atoms with E-state index in [1.807, 2.05) is 0 Å². The summed E-state index contributed by atoms with van der Waals surface area (Å²) in [6.45, 7) is 1.75. The van der Waals surface area contributed by atoms with Gasteiger partial charge in [0.15, 0.2) is 5.13 Å². The first-order valence-electron chi connectivity index (χ1n) is 8.77. The minimum atomic E-state index is -4.48. The summed E-state index contributed by atoms with van der Waals surface area (Å²) in [5.74, 6) is -0.611. The van der Waals surface area contributed by atoms with Gasteiger partial charge in [-0.15, -0.1) is 11.8 Å². The van der Waals surface area contributed by atoms with Gasteiger partial charge in [0, 0.05) is 5.56 Å². The number of rotatable bonds is 7. The largest absolute Gasteiger partial charge is 0.457 e. The van der Waals surface area contributed by atoms with Crippen LogP contribution in [0, 0.1) is 6.92 Å². The lowest BCUT2D eigenvalue weighted by Crippen LogP contribution is -2.12. The molecule has 0 saturated heterocycles. The minimum absolute atomic E-state index is 0.000881. The molecule has 2 aromatic carbocycles. The zero-order valence-electron chi connectivity index (χ0n) is 16.0. The molecular formula is C20H16F3N3O3S2. The van der Waals surface area contributed by atoms with E-state index in [2.05, 4.69) is 10.3 Å². The second kappa shape index (κ2) is 9.40. The van der Waals surface area contributed by atoms with Crippen LogP contribution in [0.1, 0.15) is 21.6 Å². The lowest BCUT2D eigenvalue weighted by molar-refractivity contribution is -0.137. The molecule has 0 fully saturated rings. The third-order valence-electron chi connectivity index (χ3n) is 3.81. The van der Waals surface area contributed by atoms with Crippen molar-refractivity contribution in [2.45, 2.75) is 17.3 Å². The monoisotopic (exact) mass is 467 g/mol. The molecule has 3 N–H and O–H groups in total. The fourth-order valence-corrected chi connectivity index (χ4v) is 4.32. The minimum Gasteiger partial charge on any atom is -0.457 e. The van der Waals surface area contributed by atoms with Gasteiger partial charge >= 0.3 is 6.18 Å². The number of anilines is 1. The molecule has 162 valence electrons. The summed E-state index contributed by atoms with van der Waals surface area (Å²) in [7, 11) is 0. The van der Waals surface area contributed by atoms with E-state index in [1.165, 1.54) is 53.4 Å². The predicted molar refractivity (Wildman–Crippen MR) is 113 cm³/mol. The SMILES string of the molecule is Cc1nc(NC(=O)c2cccc(Oc3cccc(C(F)(F)F)c3)c2)sc1SCC(N)=O. The highest BCUT2D eigenvalue weighted by Crippen LogP contribution is 2.34. The van der Waals surface area contributed by atoms with Crippen molar-refractivity contribution in [3.8, 4) is 11.5 Å². The molecule has 0 aliphatic rings. The average molecular weight is 467 g/mol. The fourth-order valence-electron chi connectivity index (χ4n) is 2.45. The number of carbonyl (C=O) groups is 2. The van der Waals surface area contributed by atoms with Crippen LogP contribution in [0.5, 0.6) is 11.5 Å². The number of carbonyl (C=O) groups excluding carboxylic acids is 2. The van der Waals surface area contributed by atoms with Gasteiger partial charge in [-0.3, -0.25) is 14.9 Å². The smallest absolute Gasteiger partial charge is 0.416 e. The Labute approximate surface area is 183 Å². The predicted octanol–water partition coefficient (Wildman–Crippen LogP) is 5.09. The Bertz CT molecular complexity index is 1120. The van der Waals surface area contributed by atoms with Crippen LogP contribution in [-0.4, -0.2) is 22.6 Å². The van der Waals surface area contributed by atoms with Crippen molar-refractivity contribution < 1.29 is 27.5 Å². The van der Waals surface area contributed by atoms with E-state index in [4.69, 9.17) is 10.5 Å². The van der Waals surface area contributed by atoms with Crippen molar-refractivity contribution in [2.24, 2.45) is 5.73 Å². The number of ether oxygens (including phenoxy) is 1. The van der Waals surface area contributed by atoms with E-state index >= 15 is 0 Å². The van der Waals surface area contributed by atoms with E-state index < -0.39 is 23.6 Å². The molecular weight excluding hydrogens is 451 g/mol. The van der Waals surface area contributed by atoms with Crippen molar-refractivity contribution in [3.63, 3.8) is 0 Å². The first kappa shape index (κ1) is 22.6. The van der Waals surface area contributed by atoms with Gasteiger partial charge in [0.2, 0.25) is 5.91 Å². The van der Waals surface area contributed by atoms with Gasteiger partial charge in [0.1, 0.15) is 11.5 Å². The van der Waals surface area contributed by atoms with Crippen molar-refractivity contribution in [1.29, 1.82) is 0 Å². The summed E-state index contributed by atoms with van der Waals surface area (Å²) in [6, 6.07) is 10.5. The van der Waals surface area contributed by atoms with Crippen LogP contribution < -0.4 is 15.8 Å². The van der Waals surface area contributed by atoms with Crippen LogP contribution in [-0.2, 0) is 11.0 Å².